The van der Waals surface area contributed by atoms with Gasteiger partial charge in [0.1, 0.15) is 23.4 Å². The molecule has 8 nitrogen and oxygen atoms in total. The molecule has 0 atom stereocenters. The van der Waals surface area contributed by atoms with Crippen LogP contribution < -0.4 is 14.4 Å². The van der Waals surface area contributed by atoms with Gasteiger partial charge in [0.15, 0.2) is 0 Å². The zero-order chi connectivity index (χ0) is 20.3. The fourth-order valence-electron chi connectivity index (χ4n) is 3.12. The number of hydrogen-bond donors (Lipinski definition) is 1. The normalized spacial score (nSPS) is 15.4. The number of nitro groups is 1. The minimum Gasteiger partial charge on any atom is -0.490 e. The number of halogens is 1. The molecular weight excluding hydrogens is 389 g/mol. The average molecular weight is 409 g/mol. The first-order valence-electron chi connectivity index (χ1n) is 8.69. The Balaban J connectivity index is 1.73. The van der Waals surface area contributed by atoms with Crippen molar-refractivity contribution in [2.45, 2.75) is 23.8 Å². The van der Waals surface area contributed by atoms with Crippen LogP contribution in [-0.2, 0) is 10.0 Å². The zero-order valence-electron chi connectivity index (χ0n) is 15.2. The van der Waals surface area contributed by atoms with E-state index in [1.165, 1.54) is 31.3 Å². The van der Waals surface area contributed by atoms with Crippen molar-refractivity contribution in [3.05, 3.63) is 58.4 Å². The Morgan fingerprint density at radius 2 is 1.82 bits per heavy atom. The monoisotopic (exact) mass is 409 g/mol. The highest BCUT2D eigenvalue weighted by atomic mass is 32.2. The predicted molar refractivity (Wildman–Crippen MR) is 102 cm³/mol. The molecule has 1 heterocycles. The molecule has 0 bridgehead atoms. The van der Waals surface area contributed by atoms with E-state index >= 15 is 0 Å². The minimum absolute atomic E-state index is 0.0790. The lowest BCUT2D eigenvalue weighted by Gasteiger charge is -2.33. The van der Waals surface area contributed by atoms with E-state index in [0.29, 0.717) is 37.4 Å². The molecule has 10 heteroatoms. The van der Waals surface area contributed by atoms with Gasteiger partial charge >= 0.3 is 0 Å². The van der Waals surface area contributed by atoms with Crippen molar-refractivity contribution in [1.29, 1.82) is 0 Å². The molecule has 0 unspecified atom stereocenters. The number of ether oxygens (including phenoxy) is 1. The van der Waals surface area contributed by atoms with Crippen LogP contribution in [0.3, 0.4) is 0 Å². The van der Waals surface area contributed by atoms with Crippen molar-refractivity contribution >= 4 is 21.4 Å². The zero-order valence-corrected chi connectivity index (χ0v) is 16.0. The Morgan fingerprint density at radius 1 is 1.18 bits per heavy atom. The highest BCUT2D eigenvalue weighted by molar-refractivity contribution is 7.89. The fraction of sp³-hybridized carbons (Fsp3) is 0.333. The lowest BCUT2D eigenvalue weighted by molar-refractivity contribution is -0.384. The Hall–Kier alpha value is -2.72. The van der Waals surface area contributed by atoms with E-state index in [1.54, 1.807) is 12.1 Å². The number of rotatable bonds is 6. The number of hydrogen-bond acceptors (Lipinski definition) is 6. The van der Waals surface area contributed by atoms with Gasteiger partial charge < -0.3 is 9.64 Å². The maximum Gasteiger partial charge on any atom is 0.293 e. The van der Waals surface area contributed by atoms with Gasteiger partial charge in [-0.2, -0.15) is 0 Å². The van der Waals surface area contributed by atoms with Crippen LogP contribution in [-0.4, -0.2) is 39.6 Å². The van der Waals surface area contributed by atoms with Crippen LogP contribution in [0.4, 0.5) is 15.8 Å². The Kier molecular flexibility index (Phi) is 5.80. The summed E-state index contributed by atoms with van der Waals surface area (Å²) >= 11 is 0. The topological polar surface area (TPSA) is 102 Å². The summed E-state index contributed by atoms with van der Waals surface area (Å²) in [6.07, 6.45) is 1.18. The second kappa shape index (κ2) is 8.11. The molecule has 2 aromatic carbocycles. The molecule has 2 aromatic rings. The van der Waals surface area contributed by atoms with Gasteiger partial charge in [0.2, 0.25) is 10.0 Å². The minimum atomic E-state index is -3.77. The molecular formula is C18H20FN3O5S. The smallest absolute Gasteiger partial charge is 0.293 e. The summed E-state index contributed by atoms with van der Waals surface area (Å²) in [6.45, 7) is 1.04. The molecule has 1 aliphatic rings. The van der Waals surface area contributed by atoms with Crippen LogP contribution in [0.5, 0.6) is 5.75 Å². The van der Waals surface area contributed by atoms with E-state index in [-0.39, 0.29) is 22.5 Å². The first-order valence-corrected chi connectivity index (χ1v) is 10.2. The first kappa shape index (κ1) is 20.0. The maximum atomic E-state index is 13.0. The summed E-state index contributed by atoms with van der Waals surface area (Å²) in [5.74, 6) is 0.241. The Bertz CT molecular complexity index is 958. The SMILES string of the molecule is CNS(=O)(=O)c1ccc(N2CCC(Oc3ccc(F)cc3)CC2)c([N+](=O)[O-])c1. The number of anilines is 1. The van der Waals surface area contributed by atoms with Crippen molar-refractivity contribution in [2.75, 3.05) is 25.0 Å². The second-order valence-electron chi connectivity index (χ2n) is 6.37. The molecule has 0 radical (unpaired) electrons. The van der Waals surface area contributed by atoms with Gasteiger partial charge in [0.05, 0.1) is 9.82 Å². The van der Waals surface area contributed by atoms with Gasteiger partial charge in [-0.05, 0) is 43.4 Å². The molecule has 1 N–H and O–H groups in total. The largest absolute Gasteiger partial charge is 0.490 e. The summed E-state index contributed by atoms with van der Waals surface area (Å²) in [6, 6.07) is 9.67. The summed E-state index contributed by atoms with van der Waals surface area (Å²) in [5, 5.41) is 11.5. The fourth-order valence-corrected chi connectivity index (χ4v) is 3.87. The van der Waals surface area contributed by atoms with E-state index in [0.717, 1.165) is 6.07 Å². The molecule has 1 fully saturated rings. The van der Waals surface area contributed by atoms with Crippen molar-refractivity contribution in [2.24, 2.45) is 0 Å². The van der Waals surface area contributed by atoms with E-state index in [2.05, 4.69) is 4.72 Å². The molecule has 0 aliphatic carbocycles. The van der Waals surface area contributed by atoms with E-state index in [9.17, 15) is 22.9 Å². The summed E-state index contributed by atoms with van der Waals surface area (Å²) in [5.41, 5.74) is 0.120. The number of nitro benzene ring substituents is 1. The number of benzene rings is 2. The second-order valence-corrected chi connectivity index (χ2v) is 8.26. The van der Waals surface area contributed by atoms with E-state index in [4.69, 9.17) is 4.74 Å². The number of nitrogens with zero attached hydrogens (tertiary/aromatic N) is 2. The third-order valence-electron chi connectivity index (χ3n) is 4.62. The van der Waals surface area contributed by atoms with Gasteiger partial charge in [0, 0.05) is 32.0 Å². The maximum absolute atomic E-state index is 13.0. The highest BCUT2D eigenvalue weighted by Crippen LogP contribution is 2.33. The van der Waals surface area contributed by atoms with Gasteiger partial charge in [-0.15, -0.1) is 0 Å². The van der Waals surface area contributed by atoms with Crippen LogP contribution in [0.25, 0.3) is 0 Å². The Morgan fingerprint density at radius 3 is 2.39 bits per heavy atom. The van der Waals surface area contributed by atoms with Crippen molar-refractivity contribution in [1.82, 2.24) is 4.72 Å². The van der Waals surface area contributed by atoms with E-state index in [1.807, 2.05) is 4.90 Å². The molecule has 150 valence electrons. The standard InChI is InChI=1S/C18H20FN3O5S/c1-20-28(25,26)16-6-7-17(18(12-16)22(23)24)21-10-8-15(9-11-21)27-14-4-2-13(19)3-5-14/h2-7,12,15,20H,8-11H2,1H3. The third kappa shape index (κ3) is 4.39. The third-order valence-corrected chi connectivity index (χ3v) is 6.03. The van der Waals surface area contributed by atoms with Gasteiger partial charge in [-0.25, -0.2) is 17.5 Å². The van der Waals surface area contributed by atoms with Crippen LogP contribution in [0.1, 0.15) is 12.8 Å². The van der Waals surface area contributed by atoms with E-state index < -0.39 is 14.9 Å². The number of sulfonamides is 1. The van der Waals surface area contributed by atoms with Gasteiger partial charge in [-0.1, -0.05) is 0 Å². The van der Waals surface area contributed by atoms with Crippen LogP contribution >= 0.6 is 0 Å². The molecule has 0 aromatic heterocycles. The van der Waals surface area contributed by atoms with Crippen molar-refractivity contribution in [3.8, 4) is 5.75 Å². The molecule has 3 rings (SSSR count). The highest BCUT2D eigenvalue weighted by Gasteiger charge is 2.27. The van der Waals surface area contributed by atoms with Crippen LogP contribution in [0.2, 0.25) is 0 Å². The molecule has 0 spiro atoms. The van der Waals surface area contributed by atoms with Crippen molar-refractivity contribution < 1.29 is 22.5 Å². The molecule has 0 saturated carbocycles. The Labute approximate surface area is 162 Å². The summed E-state index contributed by atoms with van der Waals surface area (Å²) in [4.78, 5) is 12.6. The molecule has 28 heavy (non-hydrogen) atoms. The predicted octanol–water partition coefficient (Wildman–Crippen LogP) is 2.69. The lowest BCUT2D eigenvalue weighted by Crippen LogP contribution is -2.38. The van der Waals surface area contributed by atoms with Crippen LogP contribution in [0, 0.1) is 15.9 Å². The molecule has 1 aliphatic heterocycles. The van der Waals surface area contributed by atoms with Crippen LogP contribution in [0.15, 0.2) is 47.4 Å². The lowest BCUT2D eigenvalue weighted by atomic mass is 10.1. The quantitative estimate of drug-likeness (QED) is 0.581. The number of piperidine rings is 1. The van der Waals surface area contributed by atoms with Gasteiger partial charge in [-0.3, -0.25) is 10.1 Å². The molecule has 0 amide bonds. The molecule has 1 saturated heterocycles. The average Bonchev–Trinajstić information content (AvgIpc) is 2.70. The van der Waals surface area contributed by atoms with Gasteiger partial charge in [0.25, 0.3) is 5.69 Å². The first-order chi connectivity index (χ1) is 13.3. The number of nitrogens with one attached hydrogen (secondary N) is 1. The van der Waals surface area contributed by atoms with Crippen molar-refractivity contribution in [3.63, 3.8) is 0 Å². The summed E-state index contributed by atoms with van der Waals surface area (Å²) < 4.78 is 44.8. The summed E-state index contributed by atoms with van der Waals surface area (Å²) in [7, 11) is -2.52.